The van der Waals surface area contributed by atoms with E-state index in [2.05, 4.69) is 17.3 Å². The number of fused-ring (bicyclic) bond motifs is 1. The Balaban J connectivity index is 2.00. The van der Waals surface area contributed by atoms with Crippen molar-refractivity contribution in [2.75, 3.05) is 0 Å². The smallest absolute Gasteiger partial charge is 0.275 e. The summed E-state index contributed by atoms with van der Waals surface area (Å²) in [6.07, 6.45) is 6.02. The molecule has 0 saturated heterocycles. The SMILES string of the molecule is CCCCCC(C)NC(=O)Cn1ncc2ccccc2c1=O. The van der Waals surface area contributed by atoms with Gasteiger partial charge in [-0.05, 0) is 19.4 Å². The Labute approximate surface area is 130 Å². The first-order chi connectivity index (χ1) is 10.6. The van der Waals surface area contributed by atoms with E-state index in [-0.39, 0.29) is 24.1 Å². The maximum absolute atomic E-state index is 12.3. The number of carbonyl (C=O) groups excluding carboxylic acids is 1. The van der Waals surface area contributed by atoms with E-state index in [9.17, 15) is 9.59 Å². The highest BCUT2D eigenvalue weighted by Gasteiger charge is 2.10. The highest BCUT2D eigenvalue weighted by Crippen LogP contribution is 2.06. The number of carbonyl (C=O) groups is 1. The lowest BCUT2D eigenvalue weighted by atomic mass is 10.1. The Morgan fingerprint density at radius 3 is 2.86 bits per heavy atom. The minimum atomic E-state index is -0.230. The summed E-state index contributed by atoms with van der Waals surface area (Å²) in [7, 11) is 0. The Morgan fingerprint density at radius 1 is 1.32 bits per heavy atom. The van der Waals surface area contributed by atoms with E-state index in [1.54, 1.807) is 12.3 Å². The van der Waals surface area contributed by atoms with Crippen LogP contribution in [0.3, 0.4) is 0 Å². The van der Waals surface area contributed by atoms with Gasteiger partial charge in [0.05, 0.1) is 11.6 Å². The molecule has 0 aliphatic heterocycles. The standard InChI is InChI=1S/C17H23N3O2/c1-3-4-5-8-13(2)19-16(21)12-20-17(22)15-10-7-6-9-14(15)11-18-20/h6-7,9-11,13H,3-5,8,12H2,1-2H3,(H,19,21). The average Bonchev–Trinajstić information content (AvgIpc) is 2.50. The molecule has 1 atom stereocenters. The second-order valence-electron chi connectivity index (χ2n) is 5.66. The Bertz CT molecular complexity index is 694. The molecule has 1 amide bonds. The Morgan fingerprint density at radius 2 is 2.09 bits per heavy atom. The highest BCUT2D eigenvalue weighted by molar-refractivity contribution is 5.81. The molecule has 118 valence electrons. The minimum absolute atomic E-state index is 0.0399. The lowest BCUT2D eigenvalue weighted by molar-refractivity contribution is -0.122. The molecular weight excluding hydrogens is 278 g/mol. The average molecular weight is 301 g/mol. The molecule has 1 heterocycles. The van der Waals surface area contributed by atoms with Crippen molar-refractivity contribution in [2.45, 2.75) is 52.1 Å². The van der Waals surface area contributed by atoms with Crippen molar-refractivity contribution in [1.29, 1.82) is 0 Å². The molecule has 0 saturated carbocycles. The van der Waals surface area contributed by atoms with Gasteiger partial charge in [-0.25, -0.2) is 4.68 Å². The van der Waals surface area contributed by atoms with Crippen molar-refractivity contribution < 1.29 is 4.79 Å². The van der Waals surface area contributed by atoms with Crippen LogP contribution in [0.2, 0.25) is 0 Å². The molecule has 5 heteroatoms. The second-order valence-corrected chi connectivity index (χ2v) is 5.66. The molecule has 0 aliphatic carbocycles. The molecule has 1 aromatic carbocycles. The van der Waals surface area contributed by atoms with Crippen molar-refractivity contribution in [3.63, 3.8) is 0 Å². The molecule has 5 nitrogen and oxygen atoms in total. The quantitative estimate of drug-likeness (QED) is 0.799. The van der Waals surface area contributed by atoms with Gasteiger partial charge in [0.2, 0.25) is 5.91 Å². The molecule has 1 aromatic heterocycles. The number of unbranched alkanes of at least 4 members (excludes halogenated alkanes) is 2. The Kier molecular flexibility index (Phi) is 5.69. The van der Waals surface area contributed by atoms with E-state index in [0.29, 0.717) is 5.39 Å². The zero-order valence-electron chi connectivity index (χ0n) is 13.2. The van der Waals surface area contributed by atoms with Crippen molar-refractivity contribution in [3.05, 3.63) is 40.8 Å². The Hall–Kier alpha value is -2.17. The molecule has 0 fully saturated rings. The van der Waals surface area contributed by atoms with Crippen LogP contribution in [-0.2, 0) is 11.3 Å². The third kappa shape index (κ3) is 4.16. The van der Waals surface area contributed by atoms with Gasteiger partial charge in [-0.1, -0.05) is 44.4 Å². The summed E-state index contributed by atoms with van der Waals surface area (Å²) in [6, 6.07) is 7.38. The highest BCUT2D eigenvalue weighted by atomic mass is 16.2. The summed E-state index contributed by atoms with van der Waals surface area (Å²) >= 11 is 0. The summed E-state index contributed by atoms with van der Waals surface area (Å²) in [6.45, 7) is 4.10. The van der Waals surface area contributed by atoms with E-state index in [1.807, 2.05) is 25.1 Å². The van der Waals surface area contributed by atoms with E-state index in [1.165, 1.54) is 11.1 Å². The topological polar surface area (TPSA) is 64.0 Å². The van der Waals surface area contributed by atoms with Crippen LogP contribution in [0.1, 0.15) is 39.5 Å². The van der Waals surface area contributed by atoms with Crippen LogP contribution in [-0.4, -0.2) is 21.7 Å². The fourth-order valence-corrected chi connectivity index (χ4v) is 2.47. The maximum Gasteiger partial charge on any atom is 0.275 e. The third-order valence-electron chi connectivity index (χ3n) is 3.70. The van der Waals surface area contributed by atoms with Gasteiger partial charge in [-0.15, -0.1) is 0 Å². The van der Waals surface area contributed by atoms with Gasteiger partial charge in [-0.3, -0.25) is 9.59 Å². The van der Waals surface area contributed by atoms with Crippen LogP contribution >= 0.6 is 0 Å². The van der Waals surface area contributed by atoms with Gasteiger partial charge in [-0.2, -0.15) is 5.10 Å². The molecule has 1 N–H and O–H groups in total. The predicted octanol–water partition coefficient (Wildman–Crippen LogP) is 2.48. The zero-order valence-corrected chi connectivity index (χ0v) is 13.2. The monoisotopic (exact) mass is 301 g/mol. The first-order valence-electron chi connectivity index (χ1n) is 7.86. The number of nitrogens with one attached hydrogen (secondary N) is 1. The number of nitrogens with zero attached hydrogens (tertiary/aromatic N) is 2. The van der Waals surface area contributed by atoms with E-state index in [4.69, 9.17) is 0 Å². The third-order valence-corrected chi connectivity index (χ3v) is 3.70. The molecule has 0 aliphatic rings. The van der Waals surface area contributed by atoms with Crippen LogP contribution < -0.4 is 10.9 Å². The van der Waals surface area contributed by atoms with Crippen molar-refractivity contribution in [2.24, 2.45) is 0 Å². The predicted molar refractivity (Wildman–Crippen MR) is 87.7 cm³/mol. The summed E-state index contributed by atoms with van der Waals surface area (Å²) in [5.41, 5.74) is -0.230. The number of aromatic nitrogens is 2. The summed E-state index contributed by atoms with van der Waals surface area (Å²) in [5, 5.41) is 8.37. The van der Waals surface area contributed by atoms with Crippen molar-refractivity contribution in [1.82, 2.24) is 15.1 Å². The summed E-state index contributed by atoms with van der Waals surface area (Å²) in [4.78, 5) is 24.3. The zero-order chi connectivity index (χ0) is 15.9. The molecule has 2 aromatic rings. The second kappa shape index (κ2) is 7.73. The van der Waals surface area contributed by atoms with Gasteiger partial charge < -0.3 is 5.32 Å². The lowest BCUT2D eigenvalue weighted by Crippen LogP contribution is -2.38. The van der Waals surface area contributed by atoms with Gasteiger partial charge in [0.1, 0.15) is 6.54 Å². The first kappa shape index (κ1) is 16.2. The van der Waals surface area contributed by atoms with E-state index >= 15 is 0 Å². The fraction of sp³-hybridized carbons (Fsp3) is 0.471. The van der Waals surface area contributed by atoms with Crippen LogP contribution in [0.4, 0.5) is 0 Å². The van der Waals surface area contributed by atoms with Crippen LogP contribution in [0.25, 0.3) is 10.8 Å². The van der Waals surface area contributed by atoms with Gasteiger partial charge in [0.15, 0.2) is 0 Å². The van der Waals surface area contributed by atoms with Crippen LogP contribution in [0.15, 0.2) is 35.3 Å². The molecule has 0 bridgehead atoms. The van der Waals surface area contributed by atoms with Gasteiger partial charge in [0.25, 0.3) is 5.56 Å². The largest absolute Gasteiger partial charge is 0.352 e. The molecular formula is C17H23N3O2. The van der Waals surface area contributed by atoms with E-state index in [0.717, 1.165) is 24.6 Å². The first-order valence-corrected chi connectivity index (χ1v) is 7.86. The fourth-order valence-electron chi connectivity index (χ4n) is 2.47. The minimum Gasteiger partial charge on any atom is -0.352 e. The maximum atomic E-state index is 12.3. The number of rotatable bonds is 7. The number of benzene rings is 1. The molecule has 22 heavy (non-hydrogen) atoms. The number of hydrogen-bond acceptors (Lipinski definition) is 3. The molecule has 2 rings (SSSR count). The van der Waals surface area contributed by atoms with E-state index < -0.39 is 0 Å². The number of amides is 1. The summed E-state index contributed by atoms with van der Waals surface area (Å²) < 4.78 is 1.22. The number of hydrogen-bond donors (Lipinski definition) is 1. The van der Waals surface area contributed by atoms with Crippen molar-refractivity contribution in [3.8, 4) is 0 Å². The van der Waals surface area contributed by atoms with Crippen molar-refractivity contribution >= 4 is 16.7 Å². The van der Waals surface area contributed by atoms with Gasteiger partial charge >= 0.3 is 0 Å². The normalized spacial score (nSPS) is 12.3. The summed E-state index contributed by atoms with van der Waals surface area (Å²) in [5.74, 6) is -0.172. The molecule has 0 spiro atoms. The van der Waals surface area contributed by atoms with Crippen LogP contribution in [0.5, 0.6) is 0 Å². The lowest BCUT2D eigenvalue weighted by Gasteiger charge is -2.14. The molecule has 0 radical (unpaired) electrons. The van der Waals surface area contributed by atoms with Gasteiger partial charge in [0, 0.05) is 11.4 Å². The van der Waals surface area contributed by atoms with Crippen LogP contribution in [0, 0.1) is 0 Å². The molecule has 1 unspecified atom stereocenters.